The second-order valence-corrected chi connectivity index (χ2v) is 6.88. The number of ketones is 1. The van der Waals surface area contributed by atoms with Gasteiger partial charge >= 0.3 is 0 Å². The van der Waals surface area contributed by atoms with Crippen molar-refractivity contribution in [2.45, 2.75) is 46.1 Å². The number of hydrogen-bond acceptors (Lipinski definition) is 5. The topological polar surface area (TPSA) is 108 Å². The molecule has 0 spiro atoms. The van der Waals surface area contributed by atoms with Gasteiger partial charge in [0.1, 0.15) is 11.7 Å². The van der Waals surface area contributed by atoms with Gasteiger partial charge in [0.05, 0.1) is 0 Å². The summed E-state index contributed by atoms with van der Waals surface area (Å²) in [6, 6.07) is 4.07. The minimum atomic E-state index is -0.775. The summed E-state index contributed by atoms with van der Waals surface area (Å²) in [5.74, 6) is -2.23. The van der Waals surface area contributed by atoms with Gasteiger partial charge in [0.2, 0.25) is 5.78 Å². The first-order chi connectivity index (χ1) is 12.3. The Morgan fingerprint density at radius 3 is 2.58 bits per heavy atom. The zero-order valence-corrected chi connectivity index (χ0v) is 15.2. The lowest BCUT2D eigenvalue weighted by atomic mass is 9.84. The molecule has 1 saturated heterocycles. The Labute approximate surface area is 152 Å². The van der Waals surface area contributed by atoms with E-state index in [1.165, 1.54) is 17.2 Å². The second-order valence-electron chi connectivity index (χ2n) is 6.88. The van der Waals surface area contributed by atoms with Crippen LogP contribution in [0.2, 0.25) is 0 Å². The molecule has 26 heavy (non-hydrogen) atoms. The predicted molar refractivity (Wildman–Crippen MR) is 93.7 cm³/mol. The minimum absolute atomic E-state index is 0.159. The largest absolute Gasteiger partial charge is 0.324 e. The van der Waals surface area contributed by atoms with Crippen LogP contribution in [0, 0.1) is 5.41 Å². The van der Waals surface area contributed by atoms with Crippen LogP contribution in [-0.2, 0) is 14.4 Å². The Bertz CT molecular complexity index is 702. The zero-order chi connectivity index (χ0) is 19.3. The van der Waals surface area contributed by atoms with Crippen LogP contribution < -0.4 is 10.9 Å². The van der Waals surface area contributed by atoms with E-state index in [0.717, 1.165) is 0 Å². The van der Waals surface area contributed by atoms with Crippen molar-refractivity contribution in [2.75, 3.05) is 6.54 Å². The van der Waals surface area contributed by atoms with E-state index in [4.69, 9.17) is 0 Å². The van der Waals surface area contributed by atoms with E-state index in [2.05, 4.69) is 15.8 Å². The molecular formula is C18H24N4O4. The number of hydrazine groups is 1. The third-order valence-electron chi connectivity index (χ3n) is 4.71. The van der Waals surface area contributed by atoms with Gasteiger partial charge in [-0.3, -0.25) is 35.0 Å². The number of rotatable bonds is 5. The lowest BCUT2D eigenvalue weighted by Gasteiger charge is -2.27. The van der Waals surface area contributed by atoms with Crippen molar-refractivity contribution < 1.29 is 19.2 Å². The Balaban J connectivity index is 1.98. The average molecular weight is 360 g/mol. The Hall–Kier alpha value is -2.77. The minimum Gasteiger partial charge on any atom is -0.324 e. The summed E-state index contributed by atoms with van der Waals surface area (Å²) in [7, 11) is 0. The third kappa shape index (κ3) is 4.25. The highest BCUT2D eigenvalue weighted by atomic mass is 16.2. The SMILES string of the molecule is CCC(C)(C)C(=O)C(=O)N1CCCC1C(=O)NNC(=O)c1ccccn1. The number of likely N-dealkylation sites (tertiary alicyclic amines) is 1. The number of nitrogens with one attached hydrogen (secondary N) is 2. The summed E-state index contributed by atoms with van der Waals surface area (Å²) in [6.45, 7) is 5.61. The summed E-state index contributed by atoms with van der Waals surface area (Å²) in [4.78, 5) is 54.4. The fourth-order valence-corrected chi connectivity index (χ4v) is 2.63. The van der Waals surface area contributed by atoms with Crippen LogP contribution in [0.3, 0.4) is 0 Å². The molecule has 2 N–H and O–H groups in total. The number of aromatic nitrogens is 1. The molecule has 8 heteroatoms. The smallest absolute Gasteiger partial charge is 0.291 e. The van der Waals surface area contributed by atoms with Crippen LogP contribution in [0.15, 0.2) is 24.4 Å². The van der Waals surface area contributed by atoms with E-state index in [0.29, 0.717) is 25.8 Å². The highest BCUT2D eigenvalue weighted by Crippen LogP contribution is 2.25. The first-order valence-corrected chi connectivity index (χ1v) is 8.64. The number of Topliss-reactive ketones (excluding diaryl/α,β-unsaturated/α-hetero) is 1. The molecule has 0 radical (unpaired) electrons. The van der Waals surface area contributed by atoms with Crippen molar-refractivity contribution in [1.82, 2.24) is 20.7 Å². The van der Waals surface area contributed by atoms with Crippen molar-refractivity contribution >= 4 is 23.5 Å². The van der Waals surface area contributed by atoms with Gasteiger partial charge in [0, 0.05) is 18.2 Å². The molecule has 140 valence electrons. The van der Waals surface area contributed by atoms with Gasteiger partial charge in [0.15, 0.2) is 0 Å². The molecule has 0 aromatic carbocycles. The van der Waals surface area contributed by atoms with E-state index < -0.39 is 35.0 Å². The van der Waals surface area contributed by atoms with E-state index in [9.17, 15) is 19.2 Å². The molecule has 3 amide bonds. The van der Waals surface area contributed by atoms with Gasteiger partial charge in [-0.25, -0.2) is 0 Å². The van der Waals surface area contributed by atoms with Crippen LogP contribution in [0.1, 0.15) is 50.5 Å². The van der Waals surface area contributed by atoms with Crippen LogP contribution in [0.4, 0.5) is 0 Å². The summed E-state index contributed by atoms with van der Waals surface area (Å²) in [5, 5.41) is 0. The molecule has 1 aromatic heterocycles. The monoisotopic (exact) mass is 360 g/mol. The van der Waals surface area contributed by atoms with Crippen molar-refractivity contribution in [3.8, 4) is 0 Å². The highest BCUT2D eigenvalue weighted by molar-refractivity contribution is 6.38. The number of nitrogens with zero attached hydrogens (tertiary/aromatic N) is 2. The van der Waals surface area contributed by atoms with Gasteiger partial charge < -0.3 is 4.90 Å². The second kappa shape index (κ2) is 8.07. The molecule has 1 aliphatic rings. The maximum absolute atomic E-state index is 12.5. The van der Waals surface area contributed by atoms with Gasteiger partial charge in [-0.2, -0.15) is 0 Å². The molecule has 1 atom stereocenters. The van der Waals surface area contributed by atoms with Gasteiger partial charge in [-0.15, -0.1) is 0 Å². The molecule has 1 unspecified atom stereocenters. The molecule has 0 bridgehead atoms. The third-order valence-corrected chi connectivity index (χ3v) is 4.71. The lowest BCUT2D eigenvalue weighted by Crippen LogP contribution is -2.53. The molecular weight excluding hydrogens is 336 g/mol. The fourth-order valence-electron chi connectivity index (χ4n) is 2.63. The fraction of sp³-hybridized carbons (Fsp3) is 0.500. The van der Waals surface area contributed by atoms with E-state index in [1.54, 1.807) is 26.0 Å². The number of pyridine rings is 1. The van der Waals surface area contributed by atoms with E-state index in [1.807, 2.05) is 6.92 Å². The highest BCUT2D eigenvalue weighted by Gasteiger charge is 2.41. The summed E-state index contributed by atoms with van der Waals surface area (Å²) in [5.41, 5.74) is 3.99. The standard InChI is InChI=1S/C18H24N4O4/c1-4-18(2,3)14(23)17(26)22-11-7-9-13(22)16(25)21-20-15(24)12-8-5-6-10-19-12/h5-6,8,10,13H,4,7,9,11H2,1-3H3,(H,20,24)(H,21,25). The Morgan fingerprint density at radius 2 is 1.96 bits per heavy atom. The first-order valence-electron chi connectivity index (χ1n) is 8.64. The molecule has 0 saturated carbocycles. The molecule has 1 aliphatic heterocycles. The van der Waals surface area contributed by atoms with Crippen LogP contribution >= 0.6 is 0 Å². The van der Waals surface area contributed by atoms with Gasteiger partial charge in [0.25, 0.3) is 17.7 Å². The molecule has 2 rings (SSSR count). The zero-order valence-electron chi connectivity index (χ0n) is 15.2. The van der Waals surface area contributed by atoms with E-state index >= 15 is 0 Å². The van der Waals surface area contributed by atoms with Crippen molar-refractivity contribution in [3.63, 3.8) is 0 Å². The van der Waals surface area contributed by atoms with Crippen molar-refractivity contribution in [2.24, 2.45) is 5.41 Å². The molecule has 0 aliphatic carbocycles. The van der Waals surface area contributed by atoms with Crippen molar-refractivity contribution in [3.05, 3.63) is 30.1 Å². The molecule has 1 fully saturated rings. The maximum atomic E-state index is 12.5. The Morgan fingerprint density at radius 1 is 1.23 bits per heavy atom. The number of amides is 3. The number of carbonyl (C=O) groups excluding carboxylic acids is 4. The Kier molecular flexibility index (Phi) is 6.07. The summed E-state index contributed by atoms with van der Waals surface area (Å²) < 4.78 is 0. The quantitative estimate of drug-likeness (QED) is 0.597. The van der Waals surface area contributed by atoms with Crippen LogP contribution in [0.25, 0.3) is 0 Å². The van der Waals surface area contributed by atoms with Gasteiger partial charge in [-0.1, -0.05) is 26.8 Å². The maximum Gasteiger partial charge on any atom is 0.291 e. The van der Waals surface area contributed by atoms with Crippen LogP contribution in [0.5, 0.6) is 0 Å². The summed E-state index contributed by atoms with van der Waals surface area (Å²) >= 11 is 0. The first kappa shape index (κ1) is 19.6. The molecule has 2 heterocycles. The summed E-state index contributed by atoms with van der Waals surface area (Å²) in [6.07, 6.45) is 3.06. The van der Waals surface area contributed by atoms with Crippen molar-refractivity contribution in [1.29, 1.82) is 0 Å². The molecule has 8 nitrogen and oxygen atoms in total. The van der Waals surface area contributed by atoms with E-state index in [-0.39, 0.29) is 5.69 Å². The predicted octanol–water partition coefficient (Wildman–Crippen LogP) is 0.839. The lowest BCUT2D eigenvalue weighted by molar-refractivity contribution is -0.151. The number of hydrogen-bond donors (Lipinski definition) is 2. The molecule has 1 aromatic rings. The normalized spacial score (nSPS) is 16.9. The number of carbonyl (C=O) groups is 4. The van der Waals surface area contributed by atoms with Gasteiger partial charge in [-0.05, 0) is 31.4 Å². The van der Waals surface area contributed by atoms with Crippen LogP contribution in [-0.4, -0.2) is 46.0 Å². The average Bonchev–Trinajstić information content (AvgIpc) is 3.15.